The molecule has 1 aliphatic rings. The van der Waals surface area contributed by atoms with E-state index in [0.29, 0.717) is 0 Å². The van der Waals surface area contributed by atoms with Crippen molar-refractivity contribution in [3.63, 3.8) is 0 Å². The highest BCUT2D eigenvalue weighted by Crippen LogP contribution is 2.47. The van der Waals surface area contributed by atoms with E-state index >= 15 is 0 Å². The minimum Gasteiger partial charge on any atom is -0.309 e. The van der Waals surface area contributed by atoms with E-state index in [1.165, 1.54) is 60.3 Å². The monoisotopic (exact) mass is 610 g/mol. The lowest BCUT2D eigenvalue weighted by Gasteiger charge is -2.12. The van der Waals surface area contributed by atoms with Gasteiger partial charge in [0, 0.05) is 67.1 Å². The molecule has 4 aromatic heterocycles. The second-order valence-electron chi connectivity index (χ2n) is 12.6. The van der Waals surface area contributed by atoms with Gasteiger partial charge in [0.05, 0.1) is 27.8 Å². The lowest BCUT2D eigenvalue weighted by atomic mass is 10.0. The van der Waals surface area contributed by atoms with Crippen LogP contribution in [-0.4, -0.2) is 19.1 Å². The van der Waals surface area contributed by atoms with Crippen molar-refractivity contribution in [1.82, 2.24) is 19.1 Å². The minimum absolute atomic E-state index is 0.942. The molecule has 0 saturated heterocycles. The van der Waals surface area contributed by atoms with E-state index < -0.39 is 0 Å². The highest BCUT2D eigenvalue weighted by Gasteiger charge is 2.25. The lowest BCUT2D eigenvalue weighted by molar-refractivity contribution is 1.10. The Balaban J connectivity index is 1.13. The maximum absolute atomic E-state index is 5.16. The molecule has 10 aromatic rings. The summed E-state index contributed by atoms with van der Waals surface area (Å²) in [6.45, 7) is 0. The first kappa shape index (κ1) is 25.6. The van der Waals surface area contributed by atoms with E-state index in [2.05, 4.69) is 149 Å². The number of hydrogen-bond donors (Lipinski definition) is 0. The summed E-state index contributed by atoms with van der Waals surface area (Å²) in [6, 6.07) is 52.5. The molecule has 0 spiro atoms. The van der Waals surface area contributed by atoms with Crippen LogP contribution in [0.2, 0.25) is 0 Å². The zero-order valence-corrected chi connectivity index (χ0v) is 25.8. The molecule has 4 heteroatoms. The number of hydrogen-bond acceptors (Lipinski definition) is 2. The van der Waals surface area contributed by atoms with Gasteiger partial charge in [0.25, 0.3) is 0 Å². The third-order valence-electron chi connectivity index (χ3n) is 10.1. The Bertz CT molecular complexity index is 2920. The summed E-state index contributed by atoms with van der Waals surface area (Å²) in [5.41, 5.74) is 12.8. The molecule has 0 N–H and O–H groups in total. The topological polar surface area (TPSA) is 35.6 Å². The number of benzene rings is 6. The quantitative estimate of drug-likeness (QED) is 0.199. The molecule has 0 saturated carbocycles. The molecule has 0 amide bonds. The first-order chi connectivity index (χ1) is 23.8. The van der Waals surface area contributed by atoms with Gasteiger partial charge in [0.1, 0.15) is 5.82 Å². The average Bonchev–Trinajstić information content (AvgIpc) is 3.78. The van der Waals surface area contributed by atoms with Gasteiger partial charge in [0.2, 0.25) is 0 Å². The van der Waals surface area contributed by atoms with Crippen LogP contribution in [0.4, 0.5) is 0 Å². The molecule has 0 aliphatic heterocycles. The van der Waals surface area contributed by atoms with Crippen LogP contribution in [-0.2, 0) is 0 Å². The second kappa shape index (κ2) is 9.50. The Morgan fingerprint density at radius 3 is 1.75 bits per heavy atom. The van der Waals surface area contributed by atoms with E-state index in [9.17, 15) is 0 Å². The summed E-state index contributed by atoms with van der Waals surface area (Å²) in [7, 11) is 0. The SMILES string of the molecule is c1ccc(-n2c3ccccc3c3cc(-c4ccc5c(c4)c4ccccc4n5-c4ncc5c6c(cccc46)-c4ncccc4-5)ccc32)cc1. The smallest absolute Gasteiger partial charge is 0.145 e. The van der Waals surface area contributed by atoms with Crippen LogP contribution in [0.25, 0.3) is 99.4 Å². The van der Waals surface area contributed by atoms with E-state index in [1.54, 1.807) is 0 Å². The van der Waals surface area contributed by atoms with Crippen molar-refractivity contribution < 1.29 is 0 Å². The molecular weight excluding hydrogens is 585 g/mol. The fraction of sp³-hybridized carbons (Fsp3) is 0. The van der Waals surface area contributed by atoms with E-state index in [-0.39, 0.29) is 0 Å². The maximum atomic E-state index is 5.16. The molecule has 11 rings (SSSR count). The summed E-state index contributed by atoms with van der Waals surface area (Å²) in [4.78, 5) is 9.90. The van der Waals surface area contributed by atoms with Crippen LogP contribution in [0.3, 0.4) is 0 Å². The Kier molecular flexibility index (Phi) is 5.08. The molecule has 0 fully saturated rings. The van der Waals surface area contributed by atoms with Gasteiger partial charge in [-0.3, -0.25) is 9.55 Å². The summed E-state index contributed by atoms with van der Waals surface area (Å²) in [5.74, 6) is 0.942. The fourth-order valence-electron chi connectivity index (χ4n) is 8.09. The van der Waals surface area contributed by atoms with Crippen LogP contribution in [0.1, 0.15) is 0 Å². The molecule has 4 nitrogen and oxygen atoms in total. The largest absolute Gasteiger partial charge is 0.309 e. The van der Waals surface area contributed by atoms with Gasteiger partial charge in [0.15, 0.2) is 0 Å². The van der Waals surface area contributed by atoms with Crippen LogP contribution in [0.15, 0.2) is 158 Å². The second-order valence-corrected chi connectivity index (χ2v) is 12.6. The van der Waals surface area contributed by atoms with Gasteiger partial charge in [-0.25, -0.2) is 4.98 Å². The number of para-hydroxylation sites is 3. The zero-order valence-electron chi connectivity index (χ0n) is 25.8. The average molecular weight is 611 g/mol. The molecule has 0 unspecified atom stereocenters. The first-order valence-corrected chi connectivity index (χ1v) is 16.3. The predicted molar refractivity (Wildman–Crippen MR) is 198 cm³/mol. The van der Waals surface area contributed by atoms with Crippen molar-refractivity contribution in [3.05, 3.63) is 158 Å². The van der Waals surface area contributed by atoms with Gasteiger partial charge in [-0.2, -0.15) is 0 Å². The molecule has 6 aromatic carbocycles. The molecule has 4 heterocycles. The van der Waals surface area contributed by atoms with E-state index in [1.807, 2.05) is 18.5 Å². The summed E-state index contributed by atoms with van der Waals surface area (Å²) in [6.07, 6.45) is 3.91. The molecule has 222 valence electrons. The van der Waals surface area contributed by atoms with Gasteiger partial charge < -0.3 is 4.57 Å². The van der Waals surface area contributed by atoms with Crippen molar-refractivity contribution in [2.24, 2.45) is 0 Å². The molecule has 0 bridgehead atoms. The fourth-order valence-corrected chi connectivity index (χ4v) is 8.09. The van der Waals surface area contributed by atoms with E-state index in [4.69, 9.17) is 9.97 Å². The van der Waals surface area contributed by atoms with Gasteiger partial charge in [-0.05, 0) is 65.7 Å². The van der Waals surface area contributed by atoms with Gasteiger partial charge in [-0.15, -0.1) is 0 Å². The van der Waals surface area contributed by atoms with Crippen LogP contribution >= 0.6 is 0 Å². The molecule has 0 radical (unpaired) electrons. The molecule has 0 atom stereocenters. The van der Waals surface area contributed by atoms with Crippen molar-refractivity contribution in [2.45, 2.75) is 0 Å². The highest BCUT2D eigenvalue weighted by atomic mass is 15.1. The Morgan fingerprint density at radius 1 is 0.396 bits per heavy atom. The number of aromatic nitrogens is 4. The standard InChI is InChI=1S/C44H26N4/c1-2-10-29(11-3-1)47-38-17-6-4-12-30(38)35-24-27(19-21-40(35)47)28-20-22-41-36(25-28)31-13-5-7-18-39(31)48(41)44-34-15-8-14-33-42(34)37(26-46-44)32-16-9-23-45-43(32)33/h1-26H. The number of pyridine rings is 2. The molecule has 48 heavy (non-hydrogen) atoms. The van der Waals surface area contributed by atoms with Crippen molar-refractivity contribution in [2.75, 3.05) is 0 Å². The normalized spacial score (nSPS) is 12.2. The third kappa shape index (κ3) is 3.38. The van der Waals surface area contributed by atoms with Crippen molar-refractivity contribution in [1.29, 1.82) is 0 Å². The number of rotatable bonds is 3. The predicted octanol–water partition coefficient (Wildman–Crippen LogP) is 11.1. The summed E-state index contributed by atoms with van der Waals surface area (Å²) < 4.78 is 4.70. The number of fused-ring (bicyclic) bond motifs is 9. The Labute approximate surface area is 275 Å². The van der Waals surface area contributed by atoms with Crippen LogP contribution < -0.4 is 0 Å². The summed E-state index contributed by atoms with van der Waals surface area (Å²) >= 11 is 0. The van der Waals surface area contributed by atoms with Gasteiger partial charge in [-0.1, -0.05) is 91.0 Å². The summed E-state index contributed by atoms with van der Waals surface area (Å²) in [5, 5.41) is 7.29. The lowest BCUT2D eigenvalue weighted by Crippen LogP contribution is -1.99. The van der Waals surface area contributed by atoms with Crippen LogP contribution in [0.5, 0.6) is 0 Å². The van der Waals surface area contributed by atoms with Crippen LogP contribution in [0, 0.1) is 0 Å². The van der Waals surface area contributed by atoms with E-state index in [0.717, 1.165) is 39.1 Å². The van der Waals surface area contributed by atoms with Crippen molar-refractivity contribution >= 4 is 54.4 Å². The van der Waals surface area contributed by atoms with Gasteiger partial charge >= 0.3 is 0 Å². The Hall–Kier alpha value is -6.52. The van der Waals surface area contributed by atoms with Crippen molar-refractivity contribution in [3.8, 4) is 45.0 Å². The third-order valence-corrected chi connectivity index (χ3v) is 10.1. The number of nitrogens with zero attached hydrogens (tertiary/aromatic N) is 4. The minimum atomic E-state index is 0.942. The zero-order chi connectivity index (χ0) is 31.3. The highest BCUT2D eigenvalue weighted by molar-refractivity contribution is 6.18. The maximum Gasteiger partial charge on any atom is 0.145 e. The Morgan fingerprint density at radius 2 is 1.00 bits per heavy atom. The first-order valence-electron chi connectivity index (χ1n) is 16.3. The molecular formula is C44H26N4. The molecule has 1 aliphatic carbocycles.